The van der Waals surface area contributed by atoms with Gasteiger partial charge in [-0.3, -0.25) is 4.79 Å². The maximum absolute atomic E-state index is 12.0. The van der Waals surface area contributed by atoms with Crippen LogP contribution in [-0.2, 0) is 11.2 Å². The Hall–Kier alpha value is -1.15. The van der Waals surface area contributed by atoms with E-state index >= 15 is 0 Å². The molecular weight excluding hydrogens is 318 g/mol. The number of carbonyl (C=O) groups excluding carboxylic acids is 1. The summed E-state index contributed by atoms with van der Waals surface area (Å²) in [5, 5.41) is 3.62. The molecule has 2 rings (SSSR count). The number of carbonyl (C=O) groups is 1. The van der Waals surface area contributed by atoms with E-state index in [2.05, 4.69) is 26.1 Å². The Labute approximate surface area is 107 Å². The van der Waals surface area contributed by atoms with Crippen LogP contribution in [0.1, 0.15) is 5.89 Å². The molecule has 2 aromatic rings. The highest BCUT2D eigenvalue weighted by Gasteiger charge is 2.20. The molecule has 0 aliphatic rings. The minimum atomic E-state index is -3.01. The zero-order chi connectivity index (χ0) is 12.4. The van der Waals surface area contributed by atoms with Gasteiger partial charge in [0.1, 0.15) is 0 Å². The average Bonchev–Trinajstić information content (AvgIpc) is 2.86. The van der Waals surface area contributed by atoms with Crippen molar-refractivity contribution in [3.63, 3.8) is 0 Å². The number of hydrogen-bond acceptors (Lipinski definition) is 5. The number of Topliss-reactive ketones (excluding diaryl/α,β-unsaturated/α-hetero) is 1. The first-order valence-corrected chi connectivity index (χ1v) is 6.06. The molecule has 0 bridgehead atoms. The topological polar surface area (TPSA) is 56.0 Å². The maximum Gasteiger partial charge on any atom is 0.296 e. The molecule has 0 spiro atoms. The molecule has 0 aromatic carbocycles. The quantitative estimate of drug-likeness (QED) is 0.868. The van der Waals surface area contributed by atoms with E-state index in [-0.39, 0.29) is 11.7 Å². The first kappa shape index (κ1) is 12.3. The number of nitrogens with zero attached hydrogens (tertiary/aromatic N) is 2. The van der Waals surface area contributed by atoms with Crippen molar-refractivity contribution in [2.45, 2.75) is 12.8 Å². The molecule has 2 heterocycles. The predicted octanol–water partition coefficient (Wildman–Crippen LogP) is 2.94. The fourth-order valence-corrected chi connectivity index (χ4v) is 2.40. The summed E-state index contributed by atoms with van der Waals surface area (Å²) in [5.74, 6) is -1.04. The van der Waals surface area contributed by atoms with Gasteiger partial charge < -0.3 is 4.52 Å². The van der Waals surface area contributed by atoms with Crippen molar-refractivity contribution in [3.05, 3.63) is 21.8 Å². The molecule has 0 atom stereocenters. The summed E-state index contributed by atoms with van der Waals surface area (Å²) in [4.78, 5) is 15.4. The Morgan fingerprint density at radius 1 is 1.53 bits per heavy atom. The van der Waals surface area contributed by atoms with Gasteiger partial charge >= 0.3 is 0 Å². The average molecular weight is 323 g/mol. The van der Waals surface area contributed by atoms with Crippen LogP contribution in [0.15, 0.2) is 20.4 Å². The molecule has 17 heavy (non-hydrogen) atoms. The van der Waals surface area contributed by atoms with Gasteiger partial charge in [0.2, 0.25) is 17.5 Å². The summed E-state index contributed by atoms with van der Waals surface area (Å²) in [6.07, 6.45) is -3.56. The molecular formula is C9H5BrF2N2O2S. The van der Waals surface area contributed by atoms with Gasteiger partial charge in [-0.05, 0) is 28.1 Å². The summed E-state index contributed by atoms with van der Waals surface area (Å²) < 4.78 is 29.6. The van der Waals surface area contributed by atoms with Crippen LogP contribution >= 0.6 is 27.3 Å². The molecule has 0 amide bonds. The first-order chi connectivity index (χ1) is 8.06. The normalized spacial score (nSPS) is 11.1. The predicted molar refractivity (Wildman–Crippen MR) is 60.0 cm³/mol. The molecule has 0 aliphatic heterocycles. The van der Waals surface area contributed by atoms with E-state index in [1.807, 2.05) is 0 Å². The number of thiophene rings is 1. The third-order valence-corrected chi connectivity index (χ3v) is 3.45. The maximum atomic E-state index is 12.0. The third-order valence-electron chi connectivity index (χ3n) is 1.83. The standard InChI is InChI=1S/C9H5BrF2N2O2S/c10-6-2-1-5(17-6)9-13-7(16-14-9)3-4(15)8(11)12/h1-2,8H,3H2. The van der Waals surface area contributed by atoms with Crippen LogP contribution < -0.4 is 0 Å². The summed E-state index contributed by atoms with van der Waals surface area (Å²) in [7, 11) is 0. The van der Waals surface area contributed by atoms with Crippen LogP contribution in [-0.4, -0.2) is 22.3 Å². The van der Waals surface area contributed by atoms with Gasteiger partial charge in [0.05, 0.1) is 15.1 Å². The smallest absolute Gasteiger partial charge is 0.296 e. The lowest BCUT2D eigenvalue weighted by Crippen LogP contribution is -2.12. The van der Waals surface area contributed by atoms with Crippen LogP contribution in [0.4, 0.5) is 8.78 Å². The molecule has 0 unspecified atom stereocenters. The lowest BCUT2D eigenvalue weighted by Gasteiger charge is -1.92. The second-order valence-electron chi connectivity index (χ2n) is 3.06. The second-order valence-corrected chi connectivity index (χ2v) is 5.52. The van der Waals surface area contributed by atoms with Crippen LogP contribution in [0.25, 0.3) is 10.7 Å². The first-order valence-electron chi connectivity index (χ1n) is 4.45. The Balaban J connectivity index is 2.14. The lowest BCUT2D eigenvalue weighted by molar-refractivity contribution is -0.129. The van der Waals surface area contributed by atoms with E-state index in [4.69, 9.17) is 4.52 Å². The molecule has 0 aliphatic carbocycles. The number of aromatic nitrogens is 2. The fourth-order valence-electron chi connectivity index (χ4n) is 1.09. The van der Waals surface area contributed by atoms with Crippen LogP contribution in [0.5, 0.6) is 0 Å². The molecule has 2 aromatic heterocycles. The van der Waals surface area contributed by atoms with Crippen molar-refractivity contribution in [2.75, 3.05) is 0 Å². The SMILES string of the molecule is O=C(Cc1nc(-c2ccc(Br)s2)no1)C(F)F. The summed E-state index contributed by atoms with van der Waals surface area (Å²) in [6, 6.07) is 3.57. The van der Waals surface area contributed by atoms with E-state index in [1.165, 1.54) is 11.3 Å². The zero-order valence-electron chi connectivity index (χ0n) is 8.19. The van der Waals surface area contributed by atoms with Gasteiger partial charge in [0, 0.05) is 0 Å². The van der Waals surface area contributed by atoms with Gasteiger partial charge in [0.25, 0.3) is 6.43 Å². The van der Waals surface area contributed by atoms with Gasteiger partial charge in [-0.15, -0.1) is 11.3 Å². The van der Waals surface area contributed by atoms with E-state index in [0.717, 1.165) is 8.66 Å². The molecule has 0 radical (unpaired) electrons. The van der Waals surface area contributed by atoms with E-state index in [1.54, 1.807) is 12.1 Å². The molecule has 0 saturated heterocycles. The fraction of sp³-hybridized carbons (Fsp3) is 0.222. The minimum Gasteiger partial charge on any atom is -0.338 e. The van der Waals surface area contributed by atoms with Crippen LogP contribution in [0, 0.1) is 0 Å². The van der Waals surface area contributed by atoms with Crippen molar-refractivity contribution in [2.24, 2.45) is 0 Å². The number of hydrogen-bond donors (Lipinski definition) is 0. The Kier molecular flexibility index (Phi) is 3.63. The summed E-state index contributed by atoms with van der Waals surface area (Å²) in [6.45, 7) is 0. The van der Waals surface area contributed by atoms with E-state index in [0.29, 0.717) is 0 Å². The lowest BCUT2D eigenvalue weighted by atomic mass is 10.3. The van der Waals surface area contributed by atoms with Gasteiger partial charge in [-0.2, -0.15) is 4.98 Å². The monoisotopic (exact) mass is 322 g/mol. The number of rotatable bonds is 4. The molecule has 0 saturated carbocycles. The van der Waals surface area contributed by atoms with Crippen molar-refractivity contribution in [3.8, 4) is 10.7 Å². The number of ketones is 1. The molecule has 8 heteroatoms. The van der Waals surface area contributed by atoms with E-state index in [9.17, 15) is 13.6 Å². The minimum absolute atomic E-state index is 0.102. The van der Waals surface area contributed by atoms with Gasteiger partial charge in [-0.25, -0.2) is 8.78 Å². The van der Waals surface area contributed by atoms with Crippen molar-refractivity contribution in [1.29, 1.82) is 0 Å². The second kappa shape index (κ2) is 5.01. The Morgan fingerprint density at radius 3 is 2.88 bits per heavy atom. The molecule has 4 nitrogen and oxygen atoms in total. The molecule has 0 fully saturated rings. The van der Waals surface area contributed by atoms with Crippen LogP contribution in [0.3, 0.4) is 0 Å². The third kappa shape index (κ3) is 2.95. The largest absolute Gasteiger partial charge is 0.338 e. The van der Waals surface area contributed by atoms with Crippen molar-refractivity contribution in [1.82, 2.24) is 10.1 Å². The van der Waals surface area contributed by atoms with E-state index < -0.39 is 18.6 Å². The highest BCUT2D eigenvalue weighted by molar-refractivity contribution is 9.11. The van der Waals surface area contributed by atoms with Crippen molar-refractivity contribution < 1.29 is 18.1 Å². The molecule has 0 N–H and O–H groups in total. The van der Waals surface area contributed by atoms with Gasteiger partial charge in [-0.1, -0.05) is 5.16 Å². The van der Waals surface area contributed by atoms with Crippen molar-refractivity contribution >= 4 is 33.0 Å². The van der Waals surface area contributed by atoms with Gasteiger partial charge in [0.15, 0.2) is 0 Å². The zero-order valence-corrected chi connectivity index (χ0v) is 10.6. The highest BCUT2D eigenvalue weighted by atomic mass is 79.9. The number of alkyl halides is 2. The Bertz CT molecular complexity index is 541. The number of halogens is 3. The Morgan fingerprint density at radius 2 is 2.29 bits per heavy atom. The van der Waals surface area contributed by atoms with Crippen LogP contribution in [0.2, 0.25) is 0 Å². The molecule has 90 valence electrons. The summed E-state index contributed by atoms with van der Waals surface area (Å²) in [5.41, 5.74) is 0. The highest BCUT2D eigenvalue weighted by Crippen LogP contribution is 2.29. The summed E-state index contributed by atoms with van der Waals surface area (Å²) >= 11 is 4.65.